The van der Waals surface area contributed by atoms with Crippen LogP contribution < -0.4 is 5.73 Å². The van der Waals surface area contributed by atoms with Crippen molar-refractivity contribution in [3.05, 3.63) is 23.8 Å². The number of benzene rings is 1. The van der Waals surface area contributed by atoms with E-state index in [0.29, 0.717) is 12.0 Å². The molecule has 2 N–H and O–H groups in total. The van der Waals surface area contributed by atoms with E-state index >= 15 is 0 Å². The smallest absolute Gasteiger partial charge is 0.184 e. The highest BCUT2D eigenvalue weighted by molar-refractivity contribution is 5.74. The molecule has 5 nitrogen and oxygen atoms in total. The third kappa shape index (κ3) is 2.52. The van der Waals surface area contributed by atoms with Gasteiger partial charge in [-0.15, -0.1) is 5.10 Å². The zero-order chi connectivity index (χ0) is 15.0. The number of nitrogen functional groups attached to an aromatic ring is 1. The van der Waals surface area contributed by atoms with Crippen LogP contribution in [0, 0.1) is 18.8 Å². The Balaban J connectivity index is 1.98. The highest BCUT2D eigenvalue weighted by atomic mass is 15.5. The van der Waals surface area contributed by atoms with E-state index in [1.165, 1.54) is 6.42 Å². The Morgan fingerprint density at radius 1 is 1.19 bits per heavy atom. The average molecular weight is 285 g/mol. The molecular weight excluding hydrogens is 262 g/mol. The van der Waals surface area contributed by atoms with E-state index in [1.54, 1.807) is 0 Å². The molecule has 1 fully saturated rings. The Bertz CT molecular complexity index is 613. The van der Waals surface area contributed by atoms with Crippen LogP contribution >= 0.6 is 0 Å². The lowest BCUT2D eigenvalue weighted by Crippen LogP contribution is -2.24. The standard InChI is InChI=1S/C16H23N5/c1-10-7-8-13(9-12(10)3)21-16(18-19-20-21)15-11(2)5-4-6-14(15)17/h4-6,10,12-13H,7-9,17H2,1-3H3. The maximum atomic E-state index is 6.15. The molecule has 1 heterocycles. The van der Waals surface area contributed by atoms with E-state index in [4.69, 9.17) is 5.73 Å². The number of tetrazole rings is 1. The lowest BCUT2D eigenvalue weighted by molar-refractivity contribution is 0.200. The highest BCUT2D eigenvalue weighted by Gasteiger charge is 2.29. The zero-order valence-electron chi connectivity index (χ0n) is 13.0. The lowest BCUT2D eigenvalue weighted by Gasteiger charge is -2.32. The fraction of sp³-hybridized carbons (Fsp3) is 0.562. The molecule has 112 valence electrons. The maximum Gasteiger partial charge on any atom is 0.184 e. The summed E-state index contributed by atoms with van der Waals surface area (Å²) in [5.41, 5.74) is 8.97. The first-order valence-electron chi connectivity index (χ1n) is 7.71. The second-order valence-corrected chi connectivity index (χ2v) is 6.41. The molecule has 0 saturated heterocycles. The first-order valence-corrected chi connectivity index (χ1v) is 7.71. The molecule has 0 bridgehead atoms. The van der Waals surface area contributed by atoms with Crippen LogP contribution in [0.3, 0.4) is 0 Å². The molecule has 2 aromatic rings. The van der Waals surface area contributed by atoms with Gasteiger partial charge in [0.15, 0.2) is 5.82 Å². The summed E-state index contributed by atoms with van der Waals surface area (Å²) in [6, 6.07) is 6.30. The van der Waals surface area contributed by atoms with Crippen molar-refractivity contribution in [1.29, 1.82) is 0 Å². The molecule has 1 aromatic carbocycles. The van der Waals surface area contributed by atoms with E-state index in [1.807, 2.05) is 16.8 Å². The van der Waals surface area contributed by atoms with Crippen LogP contribution in [0.5, 0.6) is 0 Å². The van der Waals surface area contributed by atoms with Crippen LogP contribution in [0.2, 0.25) is 0 Å². The molecule has 21 heavy (non-hydrogen) atoms. The number of hydrogen-bond donors (Lipinski definition) is 1. The fourth-order valence-electron chi connectivity index (χ4n) is 3.34. The number of nitrogens with zero attached hydrogens (tertiary/aromatic N) is 4. The SMILES string of the molecule is Cc1cccc(N)c1-c1nnnn1C1CCC(C)C(C)C1. The van der Waals surface area contributed by atoms with E-state index < -0.39 is 0 Å². The summed E-state index contributed by atoms with van der Waals surface area (Å²) in [4.78, 5) is 0. The Morgan fingerprint density at radius 3 is 2.71 bits per heavy atom. The largest absolute Gasteiger partial charge is 0.398 e. The molecule has 0 amide bonds. The van der Waals surface area contributed by atoms with Gasteiger partial charge in [0.1, 0.15) is 0 Å². The van der Waals surface area contributed by atoms with Gasteiger partial charge in [-0.25, -0.2) is 4.68 Å². The predicted molar refractivity (Wildman–Crippen MR) is 83.6 cm³/mol. The van der Waals surface area contributed by atoms with Gasteiger partial charge in [0.05, 0.1) is 6.04 Å². The van der Waals surface area contributed by atoms with Crippen LogP contribution in [-0.2, 0) is 0 Å². The molecule has 1 aliphatic rings. The van der Waals surface area contributed by atoms with Crippen molar-refractivity contribution in [2.45, 2.75) is 46.1 Å². The van der Waals surface area contributed by atoms with Crippen molar-refractivity contribution >= 4 is 5.69 Å². The monoisotopic (exact) mass is 285 g/mol. The molecule has 0 spiro atoms. The molecule has 3 atom stereocenters. The van der Waals surface area contributed by atoms with Crippen molar-refractivity contribution in [1.82, 2.24) is 20.2 Å². The molecule has 1 aliphatic carbocycles. The fourth-order valence-corrected chi connectivity index (χ4v) is 3.34. The molecule has 1 saturated carbocycles. The van der Waals surface area contributed by atoms with Crippen molar-refractivity contribution in [3.63, 3.8) is 0 Å². The van der Waals surface area contributed by atoms with Gasteiger partial charge >= 0.3 is 0 Å². The highest BCUT2D eigenvalue weighted by Crippen LogP contribution is 2.38. The van der Waals surface area contributed by atoms with Gasteiger partial charge in [0.2, 0.25) is 0 Å². The Labute approximate surface area is 125 Å². The van der Waals surface area contributed by atoms with Gasteiger partial charge in [0, 0.05) is 11.3 Å². The minimum atomic E-state index is 0.375. The summed E-state index contributed by atoms with van der Waals surface area (Å²) in [5.74, 6) is 2.29. The zero-order valence-corrected chi connectivity index (χ0v) is 13.0. The molecule has 3 unspecified atom stereocenters. The second kappa shape index (κ2) is 5.47. The maximum absolute atomic E-state index is 6.15. The van der Waals surface area contributed by atoms with Crippen molar-refractivity contribution in [2.75, 3.05) is 5.73 Å². The summed E-state index contributed by atoms with van der Waals surface area (Å²) in [5, 5.41) is 12.4. The van der Waals surface area contributed by atoms with Gasteiger partial charge in [-0.3, -0.25) is 0 Å². The molecule has 0 aliphatic heterocycles. The molecule has 3 rings (SSSR count). The van der Waals surface area contributed by atoms with Crippen LogP contribution in [0.25, 0.3) is 11.4 Å². The number of rotatable bonds is 2. The molecular formula is C16H23N5. The number of nitrogens with two attached hydrogens (primary N) is 1. The first kappa shape index (κ1) is 14.0. The molecule has 0 radical (unpaired) electrons. The minimum absolute atomic E-state index is 0.375. The normalized spacial score (nSPS) is 26.0. The van der Waals surface area contributed by atoms with Crippen molar-refractivity contribution in [2.24, 2.45) is 11.8 Å². The number of anilines is 1. The lowest BCUT2D eigenvalue weighted by atomic mass is 9.79. The summed E-state index contributed by atoms with van der Waals surface area (Å²) in [6.45, 7) is 6.71. The third-order valence-corrected chi connectivity index (χ3v) is 4.94. The van der Waals surface area contributed by atoms with Crippen LogP contribution in [0.15, 0.2) is 18.2 Å². The number of aryl methyl sites for hydroxylation is 1. The summed E-state index contributed by atoms with van der Waals surface area (Å²) < 4.78 is 1.99. The van der Waals surface area contributed by atoms with Crippen LogP contribution in [0.1, 0.15) is 44.7 Å². The third-order valence-electron chi connectivity index (χ3n) is 4.94. The molecule has 5 heteroatoms. The van der Waals surface area contributed by atoms with Gasteiger partial charge in [-0.05, 0) is 60.1 Å². The quantitative estimate of drug-likeness (QED) is 0.860. The average Bonchev–Trinajstić information content (AvgIpc) is 2.91. The Morgan fingerprint density at radius 2 is 2.00 bits per heavy atom. The van der Waals surface area contributed by atoms with E-state index in [0.717, 1.165) is 41.4 Å². The second-order valence-electron chi connectivity index (χ2n) is 6.41. The first-order chi connectivity index (χ1) is 10.1. The predicted octanol–water partition coefficient (Wildman–Crippen LogP) is 3.23. The van der Waals surface area contributed by atoms with Crippen molar-refractivity contribution < 1.29 is 0 Å². The summed E-state index contributed by atoms with van der Waals surface area (Å²) in [6.07, 6.45) is 3.49. The van der Waals surface area contributed by atoms with Gasteiger partial charge in [-0.1, -0.05) is 26.0 Å². The van der Waals surface area contributed by atoms with Crippen molar-refractivity contribution in [3.8, 4) is 11.4 Å². The van der Waals surface area contributed by atoms with Gasteiger partial charge < -0.3 is 5.73 Å². The molecule has 1 aromatic heterocycles. The number of aromatic nitrogens is 4. The topological polar surface area (TPSA) is 69.6 Å². The van der Waals surface area contributed by atoms with Gasteiger partial charge in [-0.2, -0.15) is 0 Å². The van der Waals surface area contributed by atoms with E-state index in [9.17, 15) is 0 Å². The van der Waals surface area contributed by atoms with E-state index in [-0.39, 0.29) is 0 Å². The van der Waals surface area contributed by atoms with Crippen LogP contribution in [0.4, 0.5) is 5.69 Å². The minimum Gasteiger partial charge on any atom is -0.398 e. The number of hydrogen-bond acceptors (Lipinski definition) is 4. The summed E-state index contributed by atoms with van der Waals surface area (Å²) >= 11 is 0. The Kier molecular flexibility index (Phi) is 3.66. The summed E-state index contributed by atoms with van der Waals surface area (Å²) in [7, 11) is 0. The van der Waals surface area contributed by atoms with Gasteiger partial charge in [0.25, 0.3) is 0 Å². The van der Waals surface area contributed by atoms with Crippen LogP contribution in [-0.4, -0.2) is 20.2 Å². The van der Waals surface area contributed by atoms with E-state index in [2.05, 4.69) is 42.4 Å². The Hall–Kier alpha value is -1.91.